The van der Waals surface area contributed by atoms with Crippen LogP contribution in [0, 0.1) is 5.82 Å². The predicted molar refractivity (Wildman–Crippen MR) is 92.5 cm³/mol. The lowest BCUT2D eigenvalue weighted by Crippen LogP contribution is -2.50. The number of hydrogen-bond donors (Lipinski definition) is 0. The van der Waals surface area contributed by atoms with Crippen LogP contribution < -0.4 is 0 Å². The number of benzene rings is 2. The van der Waals surface area contributed by atoms with Gasteiger partial charge in [0.2, 0.25) is 10.0 Å². The lowest BCUT2D eigenvalue weighted by molar-refractivity contribution is 0.0697. The van der Waals surface area contributed by atoms with E-state index >= 15 is 0 Å². The number of piperazine rings is 1. The van der Waals surface area contributed by atoms with Crippen molar-refractivity contribution in [2.24, 2.45) is 0 Å². The summed E-state index contributed by atoms with van der Waals surface area (Å²) < 4.78 is 39.9. The molecule has 3 rings (SSSR count). The number of rotatable bonds is 3. The van der Waals surface area contributed by atoms with Gasteiger partial charge in [0, 0.05) is 36.8 Å². The van der Waals surface area contributed by atoms with Crippen molar-refractivity contribution in [2.45, 2.75) is 4.90 Å². The lowest BCUT2D eigenvalue weighted by atomic mass is 10.2. The first-order valence-corrected chi connectivity index (χ1v) is 9.50. The summed E-state index contributed by atoms with van der Waals surface area (Å²) in [5.74, 6) is -0.785. The van der Waals surface area contributed by atoms with E-state index in [4.69, 9.17) is 11.6 Å². The van der Waals surface area contributed by atoms with Crippen molar-refractivity contribution < 1.29 is 17.6 Å². The summed E-state index contributed by atoms with van der Waals surface area (Å²) in [6, 6.07) is 11.5. The van der Waals surface area contributed by atoms with Crippen LogP contribution in [0.15, 0.2) is 53.4 Å². The van der Waals surface area contributed by atoms with Crippen LogP contribution in [0.25, 0.3) is 0 Å². The number of sulfonamides is 1. The maximum absolute atomic E-state index is 13.3. The first-order valence-electron chi connectivity index (χ1n) is 7.68. The third-order valence-electron chi connectivity index (χ3n) is 4.03. The van der Waals surface area contributed by atoms with Gasteiger partial charge in [-0.3, -0.25) is 4.79 Å². The van der Waals surface area contributed by atoms with Crippen LogP contribution in [-0.2, 0) is 10.0 Å². The number of carbonyl (C=O) groups is 1. The largest absolute Gasteiger partial charge is 0.336 e. The second-order valence-electron chi connectivity index (χ2n) is 5.66. The zero-order valence-corrected chi connectivity index (χ0v) is 14.8. The van der Waals surface area contributed by atoms with Gasteiger partial charge >= 0.3 is 0 Å². The van der Waals surface area contributed by atoms with Crippen molar-refractivity contribution in [2.75, 3.05) is 26.2 Å². The van der Waals surface area contributed by atoms with Gasteiger partial charge in [-0.2, -0.15) is 4.31 Å². The molecule has 1 saturated heterocycles. The van der Waals surface area contributed by atoms with E-state index in [1.165, 1.54) is 39.5 Å². The van der Waals surface area contributed by atoms with Gasteiger partial charge in [-0.25, -0.2) is 12.8 Å². The van der Waals surface area contributed by atoms with E-state index < -0.39 is 15.8 Å². The van der Waals surface area contributed by atoms with E-state index in [0.717, 1.165) is 0 Å². The molecule has 132 valence electrons. The Balaban J connectivity index is 1.70. The minimum absolute atomic E-state index is 0.130. The molecular formula is C17H16ClFN2O3S. The van der Waals surface area contributed by atoms with Gasteiger partial charge < -0.3 is 4.90 Å². The van der Waals surface area contributed by atoms with Gasteiger partial charge in [-0.1, -0.05) is 23.7 Å². The summed E-state index contributed by atoms with van der Waals surface area (Å²) in [6.45, 7) is 0.843. The van der Waals surface area contributed by atoms with Gasteiger partial charge in [0.05, 0.1) is 4.90 Å². The van der Waals surface area contributed by atoms with Gasteiger partial charge in [0.15, 0.2) is 0 Å². The average molecular weight is 383 g/mol. The number of amides is 1. The Morgan fingerprint density at radius 2 is 1.68 bits per heavy atom. The highest BCUT2D eigenvalue weighted by Gasteiger charge is 2.30. The fraction of sp³-hybridized carbons (Fsp3) is 0.235. The highest BCUT2D eigenvalue weighted by atomic mass is 35.5. The smallest absolute Gasteiger partial charge is 0.254 e. The van der Waals surface area contributed by atoms with E-state index in [1.807, 2.05) is 0 Å². The van der Waals surface area contributed by atoms with Crippen LogP contribution in [-0.4, -0.2) is 49.7 Å². The standard InChI is InChI=1S/C17H16ClFN2O3S/c18-14-4-2-6-16(12-14)25(23,24)21-9-7-20(8-10-21)17(22)13-3-1-5-15(19)11-13/h1-6,11-12H,7-10H2. The Labute approximate surface area is 150 Å². The van der Waals surface area contributed by atoms with Crippen molar-refractivity contribution in [3.63, 3.8) is 0 Å². The molecule has 1 fully saturated rings. The second kappa shape index (κ2) is 7.11. The zero-order chi connectivity index (χ0) is 18.0. The molecule has 0 spiro atoms. The van der Waals surface area contributed by atoms with Crippen LogP contribution in [0.3, 0.4) is 0 Å². The Hall–Kier alpha value is -1.96. The van der Waals surface area contributed by atoms with Crippen molar-refractivity contribution >= 4 is 27.5 Å². The van der Waals surface area contributed by atoms with E-state index in [2.05, 4.69) is 0 Å². The summed E-state index contributed by atoms with van der Waals surface area (Å²) in [4.78, 5) is 14.1. The molecule has 0 N–H and O–H groups in total. The van der Waals surface area contributed by atoms with Gasteiger partial charge in [-0.05, 0) is 36.4 Å². The monoisotopic (exact) mass is 382 g/mol. The molecule has 25 heavy (non-hydrogen) atoms. The molecule has 2 aromatic rings. The Morgan fingerprint density at radius 1 is 1.00 bits per heavy atom. The van der Waals surface area contributed by atoms with Gasteiger partial charge in [0.1, 0.15) is 5.82 Å². The molecule has 2 aromatic carbocycles. The van der Waals surface area contributed by atoms with Crippen molar-refractivity contribution in [1.82, 2.24) is 9.21 Å². The Morgan fingerprint density at radius 3 is 2.32 bits per heavy atom. The first-order chi connectivity index (χ1) is 11.9. The second-order valence-corrected chi connectivity index (χ2v) is 8.04. The van der Waals surface area contributed by atoms with Crippen LogP contribution in [0.4, 0.5) is 4.39 Å². The fourth-order valence-corrected chi connectivity index (χ4v) is 4.44. The van der Waals surface area contributed by atoms with Crippen LogP contribution in [0.2, 0.25) is 5.02 Å². The Kier molecular flexibility index (Phi) is 5.08. The SMILES string of the molecule is O=C(c1cccc(F)c1)N1CCN(S(=O)(=O)c2cccc(Cl)c2)CC1. The molecule has 0 atom stereocenters. The summed E-state index contributed by atoms with van der Waals surface area (Å²) >= 11 is 5.87. The molecule has 0 radical (unpaired) electrons. The number of nitrogens with zero attached hydrogens (tertiary/aromatic N) is 2. The zero-order valence-electron chi connectivity index (χ0n) is 13.2. The molecule has 0 unspecified atom stereocenters. The van der Waals surface area contributed by atoms with Gasteiger partial charge in [-0.15, -0.1) is 0 Å². The molecule has 0 bridgehead atoms. The number of carbonyl (C=O) groups excluding carboxylic acids is 1. The maximum Gasteiger partial charge on any atom is 0.254 e. The van der Waals surface area contributed by atoms with Crippen LogP contribution in [0.1, 0.15) is 10.4 Å². The summed E-state index contributed by atoms with van der Waals surface area (Å²) in [5, 5.41) is 0.348. The number of halogens is 2. The quantitative estimate of drug-likeness (QED) is 0.820. The van der Waals surface area contributed by atoms with E-state index in [-0.39, 0.29) is 42.5 Å². The molecule has 1 heterocycles. The topological polar surface area (TPSA) is 57.7 Å². The molecule has 0 aliphatic carbocycles. The normalized spacial score (nSPS) is 16.0. The molecule has 0 saturated carbocycles. The minimum atomic E-state index is -3.65. The highest BCUT2D eigenvalue weighted by Crippen LogP contribution is 2.21. The van der Waals surface area contributed by atoms with Gasteiger partial charge in [0.25, 0.3) is 5.91 Å². The molecule has 1 aliphatic heterocycles. The Bertz CT molecular complexity index is 896. The van der Waals surface area contributed by atoms with Crippen molar-refractivity contribution in [3.05, 3.63) is 64.9 Å². The predicted octanol–water partition coefficient (Wildman–Crippen LogP) is 2.63. The van der Waals surface area contributed by atoms with Crippen molar-refractivity contribution in [1.29, 1.82) is 0 Å². The maximum atomic E-state index is 13.3. The third-order valence-corrected chi connectivity index (χ3v) is 6.16. The molecule has 1 aliphatic rings. The summed E-state index contributed by atoms with van der Waals surface area (Å²) in [5.41, 5.74) is 0.256. The number of hydrogen-bond acceptors (Lipinski definition) is 3. The third kappa shape index (κ3) is 3.84. The van der Waals surface area contributed by atoms with Crippen LogP contribution in [0.5, 0.6) is 0 Å². The average Bonchev–Trinajstić information content (AvgIpc) is 2.61. The summed E-state index contributed by atoms with van der Waals surface area (Å²) in [7, 11) is -3.65. The van der Waals surface area contributed by atoms with E-state index in [0.29, 0.717) is 5.02 Å². The summed E-state index contributed by atoms with van der Waals surface area (Å²) in [6.07, 6.45) is 0. The molecule has 1 amide bonds. The molecule has 0 aromatic heterocycles. The van der Waals surface area contributed by atoms with Crippen molar-refractivity contribution in [3.8, 4) is 0 Å². The molecule has 5 nitrogen and oxygen atoms in total. The lowest BCUT2D eigenvalue weighted by Gasteiger charge is -2.34. The highest BCUT2D eigenvalue weighted by molar-refractivity contribution is 7.89. The van der Waals surface area contributed by atoms with Crippen LogP contribution >= 0.6 is 11.6 Å². The van der Waals surface area contributed by atoms with E-state index in [1.54, 1.807) is 18.2 Å². The molecule has 8 heteroatoms. The van der Waals surface area contributed by atoms with E-state index in [9.17, 15) is 17.6 Å². The first kappa shape index (κ1) is 17.8. The molecular weight excluding hydrogens is 367 g/mol. The fourth-order valence-electron chi connectivity index (χ4n) is 2.71. The minimum Gasteiger partial charge on any atom is -0.336 e.